The molecular weight excluding hydrogens is 659 g/mol. The zero-order chi connectivity index (χ0) is 39.6. The Hall–Kier alpha value is 0.0649. The van der Waals surface area contributed by atoms with E-state index in [1.165, 1.54) is 327 Å². The molecule has 0 saturated heterocycles. The predicted octanol–water partition coefficient (Wildman–Crippen LogP) is 21.3. The second-order valence-corrected chi connectivity index (χ2v) is 19.1. The van der Waals surface area contributed by atoms with E-state index in [-0.39, 0.29) is 0 Å². The van der Waals surface area contributed by atoms with Gasteiger partial charge in [-0.05, 0) is 0 Å². The fraction of sp³-hybridized carbons (Fsp3) is 1.00. The van der Waals surface area contributed by atoms with Crippen LogP contribution in [0.5, 0.6) is 0 Å². The lowest BCUT2D eigenvalue weighted by atomic mass is 9.41. The summed E-state index contributed by atoms with van der Waals surface area (Å²) in [6, 6.07) is 0. The minimum atomic E-state index is 1.03. The van der Waals surface area contributed by atoms with Gasteiger partial charge in [0, 0.05) is 0 Å². The molecule has 0 aliphatic carbocycles. The molecule has 0 atom stereocenters. The van der Waals surface area contributed by atoms with Gasteiger partial charge in [-0.1, -0.05) is 348 Å². The normalized spacial score (nSPS) is 11.6. The number of hydrogen-bond donors (Lipinski definition) is 0. The van der Waals surface area contributed by atoms with Gasteiger partial charge in [-0.15, -0.1) is 0 Å². The molecule has 1 heteroatoms. The number of hydrogen-bond acceptors (Lipinski definition) is 0. The molecule has 0 aromatic rings. The number of rotatable bonds is 51. The van der Waals surface area contributed by atoms with Crippen LogP contribution in [-0.2, 0) is 0 Å². The van der Waals surface area contributed by atoms with Crippen LogP contribution in [0.3, 0.4) is 0 Å². The van der Waals surface area contributed by atoms with Crippen molar-refractivity contribution < 1.29 is 0 Å². The zero-order valence-electron chi connectivity index (χ0n) is 39.6. The van der Waals surface area contributed by atoms with Crippen LogP contribution in [0.15, 0.2) is 0 Å². The van der Waals surface area contributed by atoms with Crippen LogP contribution in [0.2, 0.25) is 19.0 Å². The van der Waals surface area contributed by atoms with E-state index in [1.807, 2.05) is 0 Å². The van der Waals surface area contributed by atoms with Gasteiger partial charge in [0.1, 0.15) is 6.71 Å². The van der Waals surface area contributed by atoms with Crippen LogP contribution in [0.4, 0.5) is 0 Å². The summed E-state index contributed by atoms with van der Waals surface area (Å²) in [7, 11) is 0. The topological polar surface area (TPSA) is 0 Å². The fourth-order valence-corrected chi connectivity index (χ4v) is 9.38. The highest BCUT2D eigenvalue weighted by Gasteiger charge is 2.13. The van der Waals surface area contributed by atoms with Gasteiger partial charge in [0.2, 0.25) is 0 Å². The van der Waals surface area contributed by atoms with Crippen molar-refractivity contribution in [3.63, 3.8) is 0 Å². The SMILES string of the molecule is CCCCCCCCCCCCCCCCCCB(CCCCCCCCCCCCCCCCCC)CCCCCCCCCCCCCCCCCC. The predicted molar refractivity (Wildman–Crippen MR) is 259 cm³/mol. The van der Waals surface area contributed by atoms with Gasteiger partial charge >= 0.3 is 0 Å². The lowest BCUT2D eigenvalue weighted by Gasteiger charge is -2.14. The molecule has 330 valence electrons. The second kappa shape index (κ2) is 52.1. The molecular formula is C54H111B. The quantitative estimate of drug-likeness (QED) is 0.0427. The fourth-order valence-electron chi connectivity index (χ4n) is 9.38. The van der Waals surface area contributed by atoms with E-state index in [0.29, 0.717) is 0 Å². The molecule has 0 aliphatic heterocycles. The lowest BCUT2D eigenvalue weighted by Crippen LogP contribution is -2.12. The first-order valence-electron chi connectivity index (χ1n) is 27.3. The third-order valence-corrected chi connectivity index (χ3v) is 13.4. The first kappa shape index (κ1) is 55.1. The first-order valence-corrected chi connectivity index (χ1v) is 27.3. The third-order valence-electron chi connectivity index (χ3n) is 13.4. The molecule has 0 radical (unpaired) electrons. The van der Waals surface area contributed by atoms with Crippen LogP contribution in [0, 0.1) is 0 Å². The van der Waals surface area contributed by atoms with Crippen molar-refractivity contribution in [2.75, 3.05) is 0 Å². The van der Waals surface area contributed by atoms with Crippen LogP contribution in [0.25, 0.3) is 0 Å². The lowest BCUT2D eigenvalue weighted by molar-refractivity contribution is 0.530. The Balaban J connectivity index is 3.94. The molecule has 0 bridgehead atoms. The van der Waals surface area contributed by atoms with E-state index in [1.54, 1.807) is 0 Å². The Bertz CT molecular complexity index is 543. The van der Waals surface area contributed by atoms with Gasteiger partial charge < -0.3 is 0 Å². The monoisotopic (exact) mass is 771 g/mol. The minimum Gasteiger partial charge on any atom is -0.0741 e. The molecule has 55 heavy (non-hydrogen) atoms. The maximum Gasteiger partial charge on any atom is 0.139 e. The Morgan fingerprint density at radius 1 is 0.145 bits per heavy atom. The van der Waals surface area contributed by atoms with Crippen LogP contribution >= 0.6 is 0 Å². The average Bonchev–Trinajstić information content (AvgIpc) is 3.20. The van der Waals surface area contributed by atoms with Crippen LogP contribution < -0.4 is 0 Å². The summed E-state index contributed by atoms with van der Waals surface area (Å²) in [4.78, 5) is 0. The van der Waals surface area contributed by atoms with E-state index in [0.717, 1.165) is 6.71 Å². The maximum absolute atomic E-state index is 2.32. The second-order valence-electron chi connectivity index (χ2n) is 19.1. The molecule has 0 aromatic carbocycles. The molecule has 0 fully saturated rings. The van der Waals surface area contributed by atoms with E-state index in [9.17, 15) is 0 Å². The molecule has 0 nitrogen and oxygen atoms in total. The molecule has 0 amide bonds. The van der Waals surface area contributed by atoms with Gasteiger partial charge in [-0.25, -0.2) is 0 Å². The van der Waals surface area contributed by atoms with E-state index < -0.39 is 0 Å². The Kier molecular flexibility index (Phi) is 52.1. The highest BCUT2D eigenvalue weighted by molar-refractivity contribution is 6.58. The smallest absolute Gasteiger partial charge is 0.0741 e. The third kappa shape index (κ3) is 50.1. The Labute approximate surface area is 353 Å². The van der Waals surface area contributed by atoms with Crippen molar-refractivity contribution in [3.8, 4) is 0 Å². The van der Waals surface area contributed by atoms with Crippen LogP contribution in [0.1, 0.15) is 329 Å². The summed E-state index contributed by atoms with van der Waals surface area (Å²) in [5.74, 6) is 0. The van der Waals surface area contributed by atoms with Crippen molar-refractivity contribution in [1.82, 2.24) is 0 Å². The summed E-state index contributed by atoms with van der Waals surface area (Å²) < 4.78 is 0. The van der Waals surface area contributed by atoms with Gasteiger partial charge in [0.15, 0.2) is 0 Å². The Morgan fingerprint density at radius 3 is 0.382 bits per heavy atom. The molecule has 0 N–H and O–H groups in total. The molecule has 0 heterocycles. The van der Waals surface area contributed by atoms with Crippen molar-refractivity contribution in [2.45, 2.75) is 348 Å². The molecule has 0 aromatic heterocycles. The van der Waals surface area contributed by atoms with Crippen molar-refractivity contribution in [2.24, 2.45) is 0 Å². The van der Waals surface area contributed by atoms with Crippen molar-refractivity contribution in [1.29, 1.82) is 0 Å². The summed E-state index contributed by atoms with van der Waals surface area (Å²) in [6.07, 6.45) is 75.8. The summed E-state index contributed by atoms with van der Waals surface area (Å²) in [5.41, 5.74) is 0. The van der Waals surface area contributed by atoms with Gasteiger partial charge in [-0.2, -0.15) is 0 Å². The van der Waals surface area contributed by atoms with Gasteiger partial charge in [0.05, 0.1) is 0 Å². The highest BCUT2D eigenvalue weighted by atomic mass is 14.0. The van der Waals surface area contributed by atoms with Crippen molar-refractivity contribution >= 4 is 6.71 Å². The summed E-state index contributed by atoms with van der Waals surface area (Å²) in [5, 5.41) is 0. The van der Waals surface area contributed by atoms with E-state index in [2.05, 4.69) is 20.8 Å². The molecule has 0 unspecified atom stereocenters. The van der Waals surface area contributed by atoms with Gasteiger partial charge in [0.25, 0.3) is 0 Å². The molecule has 0 aliphatic rings. The van der Waals surface area contributed by atoms with E-state index >= 15 is 0 Å². The molecule has 0 rings (SSSR count). The zero-order valence-corrected chi connectivity index (χ0v) is 39.6. The summed E-state index contributed by atoms with van der Waals surface area (Å²) in [6.45, 7) is 8.00. The first-order chi connectivity index (χ1) is 27.3. The van der Waals surface area contributed by atoms with E-state index in [4.69, 9.17) is 0 Å². The Morgan fingerprint density at radius 2 is 0.255 bits per heavy atom. The number of unbranched alkanes of at least 4 members (excludes halogenated alkanes) is 45. The standard InChI is InChI=1S/C54H111B/c1-4-7-10-13-16-19-22-25-28-31-34-37-40-43-46-49-52-55(53-50-47-44-41-38-35-32-29-26-23-20-17-14-11-8-5-2)54-51-48-45-42-39-36-33-30-27-24-21-18-15-12-9-6-3/h4-54H2,1-3H3. The average molecular weight is 771 g/mol. The molecule has 0 spiro atoms. The summed E-state index contributed by atoms with van der Waals surface area (Å²) >= 11 is 0. The minimum absolute atomic E-state index is 1.03. The van der Waals surface area contributed by atoms with Gasteiger partial charge in [-0.3, -0.25) is 0 Å². The highest BCUT2D eigenvalue weighted by Crippen LogP contribution is 2.22. The van der Waals surface area contributed by atoms with Crippen LogP contribution in [-0.4, -0.2) is 6.71 Å². The molecule has 0 saturated carbocycles. The largest absolute Gasteiger partial charge is 0.139 e. The van der Waals surface area contributed by atoms with Crippen molar-refractivity contribution in [3.05, 3.63) is 0 Å². The maximum atomic E-state index is 2.32.